The van der Waals surface area contributed by atoms with Crippen LogP contribution >= 0.6 is 15.9 Å². The fourth-order valence-corrected chi connectivity index (χ4v) is 2.15. The molecule has 0 amide bonds. The van der Waals surface area contributed by atoms with Crippen LogP contribution in [0.4, 0.5) is 10.1 Å². The van der Waals surface area contributed by atoms with Crippen LogP contribution < -0.4 is 5.32 Å². The molecule has 3 aromatic rings. The molecule has 1 aromatic heterocycles. The molecule has 96 valence electrons. The van der Waals surface area contributed by atoms with Crippen molar-refractivity contribution in [1.82, 2.24) is 10.2 Å². The predicted octanol–water partition coefficient (Wildman–Crippen LogP) is 4.08. The maximum atomic E-state index is 13.4. The van der Waals surface area contributed by atoms with E-state index in [1.54, 1.807) is 12.3 Å². The van der Waals surface area contributed by atoms with E-state index in [9.17, 15) is 4.39 Å². The van der Waals surface area contributed by atoms with E-state index in [1.807, 2.05) is 24.3 Å². The first-order valence-corrected chi connectivity index (χ1v) is 6.62. The summed E-state index contributed by atoms with van der Waals surface area (Å²) in [6, 6.07) is 11.1. The average molecular weight is 320 g/mol. The molecule has 3 rings (SSSR count). The Hall–Kier alpha value is -1.88. The Bertz CT molecular complexity index is 724. The summed E-state index contributed by atoms with van der Waals surface area (Å²) in [5, 5.41) is 11.2. The number of fused-ring (bicyclic) bond motifs is 1. The third kappa shape index (κ3) is 2.61. The molecule has 5 heteroatoms. The molecule has 1 heterocycles. The van der Waals surface area contributed by atoms with Gasteiger partial charge < -0.3 is 5.32 Å². The van der Waals surface area contributed by atoms with Gasteiger partial charge in [0.25, 0.3) is 0 Å². The Morgan fingerprint density at radius 1 is 1.21 bits per heavy atom. The summed E-state index contributed by atoms with van der Waals surface area (Å²) in [5.74, 6) is -0.247. The molecule has 0 aliphatic carbocycles. The molecule has 19 heavy (non-hydrogen) atoms. The van der Waals surface area contributed by atoms with Crippen LogP contribution in [0.25, 0.3) is 10.9 Å². The highest BCUT2D eigenvalue weighted by Gasteiger charge is 2.01. The number of anilines is 1. The molecule has 0 saturated heterocycles. The van der Waals surface area contributed by atoms with Crippen molar-refractivity contribution >= 4 is 32.5 Å². The van der Waals surface area contributed by atoms with Crippen molar-refractivity contribution in [1.29, 1.82) is 0 Å². The average Bonchev–Trinajstić information content (AvgIpc) is 2.87. The van der Waals surface area contributed by atoms with Crippen LogP contribution in [-0.2, 0) is 6.54 Å². The summed E-state index contributed by atoms with van der Waals surface area (Å²) in [4.78, 5) is 0. The van der Waals surface area contributed by atoms with Gasteiger partial charge in [-0.3, -0.25) is 5.10 Å². The molecule has 0 radical (unpaired) electrons. The van der Waals surface area contributed by atoms with Crippen molar-refractivity contribution in [3.63, 3.8) is 0 Å². The van der Waals surface area contributed by atoms with Crippen LogP contribution in [0.15, 0.2) is 47.1 Å². The number of nitrogens with zero attached hydrogens (tertiary/aromatic N) is 1. The van der Waals surface area contributed by atoms with Crippen molar-refractivity contribution in [2.45, 2.75) is 6.54 Å². The summed E-state index contributed by atoms with van der Waals surface area (Å²) in [6.07, 6.45) is 1.78. The normalized spacial score (nSPS) is 10.8. The van der Waals surface area contributed by atoms with Gasteiger partial charge in [0.1, 0.15) is 5.82 Å². The Labute approximate surface area is 118 Å². The number of benzene rings is 2. The van der Waals surface area contributed by atoms with Crippen LogP contribution in [0.5, 0.6) is 0 Å². The molecule has 3 nitrogen and oxygen atoms in total. The maximum absolute atomic E-state index is 13.4. The van der Waals surface area contributed by atoms with Gasteiger partial charge >= 0.3 is 0 Å². The summed E-state index contributed by atoms with van der Waals surface area (Å²) < 4.78 is 13.9. The third-order valence-corrected chi connectivity index (χ3v) is 3.57. The molecular weight excluding hydrogens is 309 g/mol. The van der Waals surface area contributed by atoms with Crippen molar-refractivity contribution in [2.24, 2.45) is 0 Å². The summed E-state index contributed by atoms with van der Waals surface area (Å²) in [7, 11) is 0. The zero-order chi connectivity index (χ0) is 13.2. The third-order valence-electron chi connectivity index (χ3n) is 2.92. The fourth-order valence-electron chi connectivity index (χ4n) is 1.90. The van der Waals surface area contributed by atoms with E-state index in [-0.39, 0.29) is 5.82 Å². The first-order valence-electron chi connectivity index (χ1n) is 5.83. The number of rotatable bonds is 3. The van der Waals surface area contributed by atoms with Crippen molar-refractivity contribution in [3.05, 3.63) is 58.4 Å². The van der Waals surface area contributed by atoms with Gasteiger partial charge in [0.2, 0.25) is 0 Å². The van der Waals surface area contributed by atoms with Crippen molar-refractivity contribution in [3.8, 4) is 0 Å². The van der Waals surface area contributed by atoms with Crippen LogP contribution in [-0.4, -0.2) is 10.2 Å². The van der Waals surface area contributed by atoms with Crippen LogP contribution in [0.3, 0.4) is 0 Å². The number of H-pyrrole nitrogens is 1. The van der Waals surface area contributed by atoms with Gasteiger partial charge in [-0.05, 0) is 51.8 Å². The zero-order valence-corrected chi connectivity index (χ0v) is 11.5. The Balaban J connectivity index is 1.75. The highest BCUT2D eigenvalue weighted by molar-refractivity contribution is 9.10. The van der Waals surface area contributed by atoms with Gasteiger partial charge in [-0.25, -0.2) is 4.39 Å². The monoisotopic (exact) mass is 319 g/mol. The van der Waals surface area contributed by atoms with Gasteiger partial charge in [-0.15, -0.1) is 0 Å². The first-order chi connectivity index (χ1) is 9.22. The van der Waals surface area contributed by atoms with Gasteiger partial charge in [0, 0.05) is 17.6 Å². The second-order valence-electron chi connectivity index (χ2n) is 4.27. The van der Waals surface area contributed by atoms with E-state index >= 15 is 0 Å². The smallest absolute Gasteiger partial charge is 0.137 e. The standard InChI is InChI=1S/C14H11BrFN3/c15-12-4-1-9(5-13(12)16)7-17-11-3-2-10-8-18-19-14(10)6-11/h1-6,8,17H,7H2,(H,18,19). The highest BCUT2D eigenvalue weighted by Crippen LogP contribution is 2.19. The van der Waals surface area contributed by atoms with Gasteiger partial charge in [0.15, 0.2) is 0 Å². The molecule has 0 atom stereocenters. The molecule has 0 saturated carbocycles. The van der Waals surface area contributed by atoms with E-state index in [1.165, 1.54) is 6.07 Å². The number of aromatic nitrogens is 2. The second kappa shape index (κ2) is 5.01. The molecule has 2 aromatic carbocycles. The van der Waals surface area contributed by atoms with Crippen molar-refractivity contribution < 1.29 is 4.39 Å². The molecule has 0 unspecified atom stereocenters. The highest BCUT2D eigenvalue weighted by atomic mass is 79.9. The van der Waals surface area contributed by atoms with E-state index < -0.39 is 0 Å². The van der Waals surface area contributed by atoms with E-state index in [0.29, 0.717) is 11.0 Å². The van der Waals surface area contributed by atoms with Crippen LogP contribution in [0, 0.1) is 5.82 Å². The summed E-state index contributed by atoms with van der Waals surface area (Å²) in [6.45, 7) is 0.573. The maximum Gasteiger partial charge on any atom is 0.137 e. The lowest BCUT2D eigenvalue weighted by molar-refractivity contribution is 0.619. The molecule has 2 N–H and O–H groups in total. The Morgan fingerprint density at radius 2 is 2.11 bits per heavy atom. The number of nitrogens with one attached hydrogen (secondary N) is 2. The molecule has 0 aliphatic heterocycles. The minimum absolute atomic E-state index is 0.247. The second-order valence-corrected chi connectivity index (χ2v) is 5.13. The number of halogens is 2. The van der Waals surface area contributed by atoms with Gasteiger partial charge in [0.05, 0.1) is 16.2 Å². The Kier molecular flexibility index (Phi) is 3.21. The number of aromatic amines is 1. The quantitative estimate of drug-likeness (QED) is 0.763. The fraction of sp³-hybridized carbons (Fsp3) is 0.0714. The lowest BCUT2D eigenvalue weighted by Gasteiger charge is -2.07. The molecule has 0 fully saturated rings. The predicted molar refractivity (Wildman–Crippen MR) is 77.5 cm³/mol. The minimum atomic E-state index is -0.247. The minimum Gasteiger partial charge on any atom is -0.381 e. The van der Waals surface area contributed by atoms with Crippen LogP contribution in [0.1, 0.15) is 5.56 Å². The first kappa shape index (κ1) is 12.2. The largest absolute Gasteiger partial charge is 0.381 e. The van der Waals surface area contributed by atoms with E-state index in [0.717, 1.165) is 22.2 Å². The summed E-state index contributed by atoms with van der Waals surface area (Å²) in [5.41, 5.74) is 2.84. The Morgan fingerprint density at radius 3 is 2.95 bits per heavy atom. The van der Waals surface area contributed by atoms with Gasteiger partial charge in [-0.1, -0.05) is 6.07 Å². The lowest BCUT2D eigenvalue weighted by Crippen LogP contribution is -1.99. The SMILES string of the molecule is Fc1cc(CNc2ccc3cn[nH]c3c2)ccc1Br. The molecular formula is C14H11BrFN3. The van der Waals surface area contributed by atoms with E-state index in [4.69, 9.17) is 0 Å². The molecule has 0 bridgehead atoms. The van der Waals surface area contributed by atoms with Gasteiger partial charge in [-0.2, -0.15) is 5.10 Å². The molecule has 0 spiro atoms. The van der Waals surface area contributed by atoms with Crippen molar-refractivity contribution in [2.75, 3.05) is 5.32 Å². The summed E-state index contributed by atoms with van der Waals surface area (Å²) >= 11 is 3.14. The molecule has 0 aliphatic rings. The number of hydrogen-bond donors (Lipinski definition) is 2. The topological polar surface area (TPSA) is 40.7 Å². The number of hydrogen-bond acceptors (Lipinski definition) is 2. The van der Waals surface area contributed by atoms with E-state index in [2.05, 4.69) is 31.4 Å². The lowest BCUT2D eigenvalue weighted by atomic mass is 10.2. The van der Waals surface area contributed by atoms with Crippen LogP contribution in [0.2, 0.25) is 0 Å². The zero-order valence-electron chi connectivity index (χ0n) is 9.95.